The van der Waals surface area contributed by atoms with Crippen LogP contribution in [0.2, 0.25) is 0 Å². The van der Waals surface area contributed by atoms with Gasteiger partial charge in [-0.25, -0.2) is 0 Å². The van der Waals surface area contributed by atoms with Crippen LogP contribution >= 0.6 is 24.0 Å². The highest BCUT2D eigenvalue weighted by molar-refractivity contribution is 14.0. The van der Waals surface area contributed by atoms with E-state index < -0.39 is 0 Å². The minimum atomic E-state index is 0. The minimum absolute atomic E-state index is 0. The third-order valence-corrected chi connectivity index (χ3v) is 4.49. The number of nitrogens with zero attached hydrogens (tertiary/aromatic N) is 2. The molecule has 0 aromatic heterocycles. The van der Waals surface area contributed by atoms with Crippen LogP contribution in [0.15, 0.2) is 41.4 Å². The lowest BCUT2D eigenvalue weighted by Crippen LogP contribution is -2.39. The molecule has 0 bridgehead atoms. The van der Waals surface area contributed by atoms with Crippen molar-refractivity contribution in [1.82, 2.24) is 10.6 Å². The molecule has 0 radical (unpaired) electrons. The second-order valence-corrected chi connectivity index (χ2v) is 6.04. The fraction of sp³-hybridized carbons (Fsp3) is 0.526. The number of benzene rings is 1. The SMILES string of the molecule is CCC(CC)CNC(=NC)NCc1cccc(N2CC=CC2)c1.I. The highest BCUT2D eigenvalue weighted by atomic mass is 127. The zero-order valence-electron chi connectivity index (χ0n) is 15.1. The van der Waals surface area contributed by atoms with E-state index in [-0.39, 0.29) is 24.0 Å². The van der Waals surface area contributed by atoms with Gasteiger partial charge in [0, 0.05) is 38.9 Å². The summed E-state index contributed by atoms with van der Waals surface area (Å²) in [6, 6.07) is 8.73. The molecule has 1 aromatic rings. The third-order valence-electron chi connectivity index (χ3n) is 4.49. The van der Waals surface area contributed by atoms with E-state index in [1.807, 2.05) is 7.05 Å². The van der Waals surface area contributed by atoms with Crippen molar-refractivity contribution in [2.24, 2.45) is 10.9 Å². The fourth-order valence-corrected chi connectivity index (χ4v) is 2.78. The van der Waals surface area contributed by atoms with Crippen molar-refractivity contribution in [3.05, 3.63) is 42.0 Å². The molecular formula is C19H31IN4. The molecule has 0 spiro atoms. The van der Waals surface area contributed by atoms with Gasteiger partial charge in [-0.1, -0.05) is 51.0 Å². The fourth-order valence-electron chi connectivity index (χ4n) is 2.78. The van der Waals surface area contributed by atoms with Gasteiger partial charge < -0.3 is 15.5 Å². The molecule has 2 rings (SSSR count). The molecule has 0 fully saturated rings. The summed E-state index contributed by atoms with van der Waals surface area (Å²) in [4.78, 5) is 6.68. The predicted molar refractivity (Wildman–Crippen MR) is 115 cm³/mol. The van der Waals surface area contributed by atoms with Crippen LogP contribution in [0.25, 0.3) is 0 Å². The van der Waals surface area contributed by atoms with Gasteiger partial charge in [0.1, 0.15) is 0 Å². The van der Waals surface area contributed by atoms with Crippen molar-refractivity contribution < 1.29 is 0 Å². The van der Waals surface area contributed by atoms with E-state index in [1.165, 1.54) is 24.1 Å². The molecule has 0 aliphatic carbocycles. The Morgan fingerprint density at radius 2 is 1.88 bits per heavy atom. The average Bonchev–Trinajstić information content (AvgIpc) is 3.13. The maximum atomic E-state index is 4.32. The van der Waals surface area contributed by atoms with Crippen molar-refractivity contribution in [2.75, 3.05) is 31.6 Å². The summed E-state index contributed by atoms with van der Waals surface area (Å²) in [5.41, 5.74) is 2.56. The largest absolute Gasteiger partial charge is 0.364 e. The molecule has 1 aliphatic heterocycles. The van der Waals surface area contributed by atoms with Gasteiger partial charge >= 0.3 is 0 Å². The van der Waals surface area contributed by atoms with E-state index in [0.29, 0.717) is 5.92 Å². The topological polar surface area (TPSA) is 39.7 Å². The number of rotatable bonds is 7. The Labute approximate surface area is 163 Å². The molecule has 0 atom stereocenters. The molecule has 1 aromatic carbocycles. The van der Waals surface area contributed by atoms with Crippen molar-refractivity contribution in [3.63, 3.8) is 0 Å². The van der Waals surface area contributed by atoms with Gasteiger partial charge in [-0.3, -0.25) is 4.99 Å². The van der Waals surface area contributed by atoms with Gasteiger partial charge in [0.15, 0.2) is 5.96 Å². The standard InChI is InChI=1S/C19H30N4.HI/c1-4-16(5-2)14-21-19(20-3)22-15-17-9-8-10-18(13-17)23-11-6-7-12-23;/h6-10,13,16H,4-5,11-12,14-15H2,1-3H3,(H2,20,21,22);1H. The van der Waals surface area contributed by atoms with Crippen molar-refractivity contribution in [1.29, 1.82) is 0 Å². The summed E-state index contributed by atoms with van der Waals surface area (Å²) in [6.45, 7) is 8.27. The lowest BCUT2D eigenvalue weighted by molar-refractivity contribution is 0.481. The lowest BCUT2D eigenvalue weighted by Gasteiger charge is -2.19. The normalized spacial score (nSPS) is 14.0. The number of halogens is 1. The molecule has 4 nitrogen and oxygen atoms in total. The zero-order valence-corrected chi connectivity index (χ0v) is 17.4. The first-order valence-corrected chi connectivity index (χ1v) is 8.70. The zero-order chi connectivity index (χ0) is 16.5. The number of hydrogen-bond acceptors (Lipinski definition) is 2. The first-order chi connectivity index (χ1) is 11.3. The Balaban J connectivity index is 0.00000288. The highest BCUT2D eigenvalue weighted by Crippen LogP contribution is 2.18. The molecule has 1 heterocycles. The molecule has 0 saturated heterocycles. The summed E-state index contributed by atoms with van der Waals surface area (Å²) in [5.74, 6) is 1.59. The summed E-state index contributed by atoms with van der Waals surface area (Å²) in [5, 5.41) is 6.84. The molecule has 0 saturated carbocycles. The second kappa shape index (κ2) is 11.3. The molecule has 24 heavy (non-hydrogen) atoms. The van der Waals surface area contributed by atoms with Crippen LogP contribution in [0, 0.1) is 5.92 Å². The van der Waals surface area contributed by atoms with E-state index in [0.717, 1.165) is 32.1 Å². The van der Waals surface area contributed by atoms with E-state index in [9.17, 15) is 0 Å². The van der Waals surface area contributed by atoms with Crippen LogP contribution < -0.4 is 15.5 Å². The number of nitrogens with one attached hydrogen (secondary N) is 2. The van der Waals surface area contributed by atoms with Crippen molar-refractivity contribution >= 4 is 35.6 Å². The summed E-state index contributed by atoms with van der Waals surface area (Å²) in [6.07, 6.45) is 6.84. The maximum Gasteiger partial charge on any atom is 0.191 e. The Morgan fingerprint density at radius 1 is 1.17 bits per heavy atom. The Morgan fingerprint density at radius 3 is 2.50 bits per heavy atom. The molecule has 5 heteroatoms. The summed E-state index contributed by atoms with van der Waals surface area (Å²) >= 11 is 0. The average molecular weight is 442 g/mol. The van der Waals surface area contributed by atoms with Gasteiger partial charge in [-0.05, 0) is 23.6 Å². The minimum Gasteiger partial charge on any atom is -0.364 e. The van der Waals surface area contributed by atoms with E-state index in [2.05, 4.69) is 70.8 Å². The van der Waals surface area contributed by atoms with Gasteiger partial charge in [0.05, 0.1) is 0 Å². The molecule has 134 valence electrons. The van der Waals surface area contributed by atoms with Crippen LogP contribution in [0.3, 0.4) is 0 Å². The van der Waals surface area contributed by atoms with Gasteiger partial charge in [0.2, 0.25) is 0 Å². The lowest BCUT2D eigenvalue weighted by atomic mass is 10.0. The number of aliphatic imine (C=N–C) groups is 1. The Bertz CT molecular complexity index is 530. The summed E-state index contributed by atoms with van der Waals surface area (Å²) in [7, 11) is 1.83. The number of hydrogen-bond donors (Lipinski definition) is 2. The maximum absolute atomic E-state index is 4.32. The van der Waals surface area contributed by atoms with Crippen LogP contribution in [-0.4, -0.2) is 32.6 Å². The van der Waals surface area contributed by atoms with Gasteiger partial charge in [-0.15, -0.1) is 24.0 Å². The number of anilines is 1. The van der Waals surface area contributed by atoms with E-state index >= 15 is 0 Å². The van der Waals surface area contributed by atoms with Gasteiger partial charge in [-0.2, -0.15) is 0 Å². The second-order valence-electron chi connectivity index (χ2n) is 6.04. The molecule has 2 N–H and O–H groups in total. The van der Waals surface area contributed by atoms with Crippen LogP contribution in [-0.2, 0) is 6.54 Å². The Hall–Kier alpha value is -1.24. The summed E-state index contributed by atoms with van der Waals surface area (Å²) < 4.78 is 0. The monoisotopic (exact) mass is 442 g/mol. The smallest absolute Gasteiger partial charge is 0.191 e. The quantitative estimate of drug-likeness (QED) is 0.292. The highest BCUT2D eigenvalue weighted by Gasteiger charge is 2.08. The van der Waals surface area contributed by atoms with E-state index in [4.69, 9.17) is 0 Å². The molecule has 0 unspecified atom stereocenters. The first-order valence-electron chi connectivity index (χ1n) is 8.70. The third kappa shape index (κ3) is 6.34. The predicted octanol–water partition coefficient (Wildman–Crippen LogP) is 3.78. The van der Waals surface area contributed by atoms with Crippen molar-refractivity contribution in [2.45, 2.75) is 33.2 Å². The van der Waals surface area contributed by atoms with Crippen LogP contribution in [0.1, 0.15) is 32.3 Å². The van der Waals surface area contributed by atoms with Crippen molar-refractivity contribution in [3.8, 4) is 0 Å². The first kappa shape index (κ1) is 20.8. The Kier molecular flexibility index (Phi) is 9.83. The molecule has 0 amide bonds. The van der Waals surface area contributed by atoms with Crippen LogP contribution in [0.4, 0.5) is 5.69 Å². The number of guanidine groups is 1. The van der Waals surface area contributed by atoms with Gasteiger partial charge in [0.25, 0.3) is 0 Å². The molecule has 1 aliphatic rings. The van der Waals surface area contributed by atoms with Crippen LogP contribution in [0.5, 0.6) is 0 Å². The van der Waals surface area contributed by atoms with E-state index in [1.54, 1.807) is 0 Å². The molecular weight excluding hydrogens is 411 g/mol.